The van der Waals surface area contributed by atoms with Gasteiger partial charge in [-0.1, -0.05) is 12.1 Å². The number of furan rings is 1. The average molecular weight is 334 g/mol. The molecule has 5 heteroatoms. The van der Waals surface area contributed by atoms with E-state index >= 15 is 0 Å². The Morgan fingerprint density at radius 1 is 1.25 bits per heavy atom. The Bertz CT molecular complexity index is 673. The highest BCUT2D eigenvalue weighted by atomic mass is 79.9. The summed E-state index contributed by atoms with van der Waals surface area (Å²) in [4.78, 5) is 23.0. The van der Waals surface area contributed by atoms with Crippen LogP contribution in [0.3, 0.4) is 0 Å². The fourth-order valence-corrected chi connectivity index (χ4v) is 1.89. The summed E-state index contributed by atoms with van der Waals surface area (Å²) in [6.07, 6.45) is 2.93. The van der Waals surface area contributed by atoms with Gasteiger partial charge >= 0.3 is 0 Å². The molecule has 0 saturated carbocycles. The van der Waals surface area contributed by atoms with E-state index in [1.807, 2.05) is 0 Å². The molecule has 102 valence electrons. The van der Waals surface area contributed by atoms with Gasteiger partial charge in [-0.15, -0.1) is 0 Å². The van der Waals surface area contributed by atoms with Crippen LogP contribution in [0.15, 0.2) is 51.6 Å². The van der Waals surface area contributed by atoms with E-state index in [2.05, 4.69) is 21.2 Å². The molecule has 20 heavy (non-hydrogen) atoms. The van der Waals surface area contributed by atoms with Gasteiger partial charge in [-0.2, -0.15) is 0 Å². The summed E-state index contributed by atoms with van der Waals surface area (Å²) in [5, 5.41) is 2.68. The van der Waals surface area contributed by atoms with Crippen LogP contribution in [0.4, 0.5) is 5.69 Å². The molecule has 0 saturated heterocycles. The van der Waals surface area contributed by atoms with Gasteiger partial charge in [-0.05, 0) is 53.2 Å². The maximum Gasteiger partial charge on any atom is 0.248 e. The Morgan fingerprint density at radius 2 is 2.05 bits per heavy atom. The average Bonchev–Trinajstić information content (AvgIpc) is 2.82. The Hall–Kier alpha value is -2.14. The molecule has 1 N–H and O–H groups in total. The lowest BCUT2D eigenvalue weighted by molar-refractivity contribution is -0.111. The second-order valence-corrected chi connectivity index (χ2v) is 4.88. The van der Waals surface area contributed by atoms with Gasteiger partial charge in [0.2, 0.25) is 5.91 Å². The maximum atomic E-state index is 11.7. The van der Waals surface area contributed by atoms with Crippen LogP contribution >= 0.6 is 15.9 Å². The van der Waals surface area contributed by atoms with E-state index in [0.717, 1.165) is 0 Å². The molecule has 1 heterocycles. The number of Topliss-reactive ketones (excluding diaryl/α,β-unsaturated/α-hetero) is 1. The number of carbonyl (C=O) groups excluding carboxylic acids is 2. The molecule has 1 amide bonds. The zero-order valence-corrected chi connectivity index (χ0v) is 12.3. The lowest BCUT2D eigenvalue weighted by Crippen LogP contribution is -2.08. The van der Waals surface area contributed by atoms with Crippen molar-refractivity contribution in [2.45, 2.75) is 6.92 Å². The first kappa shape index (κ1) is 14.3. The molecule has 2 aromatic rings. The van der Waals surface area contributed by atoms with Crippen molar-refractivity contribution < 1.29 is 14.0 Å². The number of hydrogen-bond acceptors (Lipinski definition) is 3. The zero-order chi connectivity index (χ0) is 14.5. The van der Waals surface area contributed by atoms with Crippen molar-refractivity contribution in [2.75, 3.05) is 5.32 Å². The van der Waals surface area contributed by atoms with Crippen molar-refractivity contribution in [3.05, 3.63) is 58.5 Å². The van der Waals surface area contributed by atoms with Gasteiger partial charge in [-0.3, -0.25) is 9.59 Å². The Labute approximate surface area is 124 Å². The number of amides is 1. The number of hydrogen-bond donors (Lipinski definition) is 1. The van der Waals surface area contributed by atoms with Gasteiger partial charge < -0.3 is 9.73 Å². The summed E-state index contributed by atoms with van der Waals surface area (Å²) in [5.41, 5.74) is 1.13. The van der Waals surface area contributed by atoms with Crippen molar-refractivity contribution in [3.63, 3.8) is 0 Å². The number of rotatable bonds is 4. The maximum absolute atomic E-state index is 11.7. The van der Waals surface area contributed by atoms with Crippen LogP contribution in [0.25, 0.3) is 6.08 Å². The predicted molar refractivity (Wildman–Crippen MR) is 80.5 cm³/mol. The molecule has 0 bridgehead atoms. The van der Waals surface area contributed by atoms with Gasteiger partial charge in [0.15, 0.2) is 10.5 Å². The van der Waals surface area contributed by atoms with E-state index in [9.17, 15) is 9.59 Å². The highest BCUT2D eigenvalue weighted by Crippen LogP contribution is 2.15. The molecule has 1 aromatic carbocycles. The third-order valence-electron chi connectivity index (χ3n) is 2.53. The molecule has 0 fully saturated rings. The fraction of sp³-hybridized carbons (Fsp3) is 0.0667. The van der Waals surface area contributed by atoms with Crippen molar-refractivity contribution in [1.82, 2.24) is 0 Å². The van der Waals surface area contributed by atoms with Gasteiger partial charge in [0.25, 0.3) is 0 Å². The first-order valence-electron chi connectivity index (χ1n) is 5.90. The minimum absolute atomic E-state index is 0.0444. The number of ketones is 1. The topological polar surface area (TPSA) is 59.3 Å². The Kier molecular flexibility index (Phi) is 4.53. The molecular weight excluding hydrogens is 322 g/mol. The predicted octanol–water partition coefficient (Wildman–Crippen LogP) is 3.90. The van der Waals surface area contributed by atoms with E-state index in [0.29, 0.717) is 21.7 Å². The Morgan fingerprint density at radius 3 is 2.70 bits per heavy atom. The summed E-state index contributed by atoms with van der Waals surface area (Å²) < 4.78 is 5.84. The van der Waals surface area contributed by atoms with Crippen LogP contribution in [0.1, 0.15) is 23.0 Å². The van der Waals surface area contributed by atoms with Gasteiger partial charge in [-0.25, -0.2) is 0 Å². The van der Waals surface area contributed by atoms with Crippen LogP contribution in [0.2, 0.25) is 0 Å². The number of nitrogens with one attached hydrogen (secondary N) is 1. The second kappa shape index (κ2) is 6.34. The molecule has 4 nitrogen and oxygen atoms in total. The second-order valence-electron chi connectivity index (χ2n) is 4.10. The van der Waals surface area contributed by atoms with Crippen molar-refractivity contribution in [2.24, 2.45) is 0 Å². The van der Waals surface area contributed by atoms with Gasteiger partial charge in [0.1, 0.15) is 5.76 Å². The minimum atomic E-state index is -0.293. The summed E-state index contributed by atoms with van der Waals surface area (Å²) >= 11 is 3.18. The molecular formula is C15H12BrNO3. The molecule has 0 aliphatic rings. The van der Waals surface area contributed by atoms with E-state index in [1.54, 1.807) is 42.5 Å². The molecule has 1 aromatic heterocycles. The number of halogens is 1. The quantitative estimate of drug-likeness (QED) is 0.681. The van der Waals surface area contributed by atoms with E-state index in [4.69, 9.17) is 4.42 Å². The molecule has 0 spiro atoms. The van der Waals surface area contributed by atoms with Crippen molar-refractivity contribution >= 4 is 39.4 Å². The third-order valence-corrected chi connectivity index (χ3v) is 2.96. The largest absolute Gasteiger partial charge is 0.450 e. The van der Waals surface area contributed by atoms with Crippen molar-refractivity contribution in [3.8, 4) is 0 Å². The molecule has 0 radical (unpaired) electrons. The number of carbonyl (C=O) groups is 2. The third kappa shape index (κ3) is 3.93. The van der Waals surface area contributed by atoms with Crippen LogP contribution < -0.4 is 5.32 Å². The van der Waals surface area contributed by atoms with Gasteiger partial charge in [0, 0.05) is 17.3 Å². The highest BCUT2D eigenvalue weighted by Gasteiger charge is 2.03. The highest BCUT2D eigenvalue weighted by molar-refractivity contribution is 9.10. The Balaban J connectivity index is 2.02. The zero-order valence-electron chi connectivity index (χ0n) is 10.7. The minimum Gasteiger partial charge on any atom is -0.450 e. The lowest BCUT2D eigenvalue weighted by Gasteiger charge is -2.03. The lowest BCUT2D eigenvalue weighted by atomic mass is 10.1. The number of anilines is 1. The fourth-order valence-electron chi connectivity index (χ4n) is 1.58. The van der Waals surface area contributed by atoms with Crippen LogP contribution in [0, 0.1) is 0 Å². The summed E-state index contributed by atoms with van der Waals surface area (Å²) in [5.74, 6) is 0.236. The van der Waals surface area contributed by atoms with Crippen LogP contribution in [-0.4, -0.2) is 11.7 Å². The van der Waals surface area contributed by atoms with Crippen LogP contribution in [-0.2, 0) is 4.79 Å². The van der Waals surface area contributed by atoms with E-state index < -0.39 is 0 Å². The van der Waals surface area contributed by atoms with E-state index in [-0.39, 0.29) is 11.7 Å². The van der Waals surface area contributed by atoms with Gasteiger partial charge in [0.05, 0.1) is 0 Å². The number of benzene rings is 1. The summed E-state index contributed by atoms with van der Waals surface area (Å²) in [7, 11) is 0. The molecule has 0 aliphatic heterocycles. The SMILES string of the molecule is CC(=O)c1cccc(NC(=O)C=Cc2ccc(Br)o2)c1. The van der Waals surface area contributed by atoms with Crippen molar-refractivity contribution in [1.29, 1.82) is 0 Å². The molecule has 0 aliphatic carbocycles. The molecule has 0 unspecified atom stereocenters. The van der Waals surface area contributed by atoms with Crippen LogP contribution in [0.5, 0.6) is 0 Å². The summed E-state index contributed by atoms with van der Waals surface area (Å²) in [6, 6.07) is 10.3. The smallest absolute Gasteiger partial charge is 0.248 e. The first-order chi connectivity index (χ1) is 9.54. The normalized spacial score (nSPS) is 10.7. The van der Waals surface area contributed by atoms with E-state index in [1.165, 1.54) is 13.0 Å². The molecule has 0 atom stereocenters. The first-order valence-corrected chi connectivity index (χ1v) is 6.69. The summed E-state index contributed by atoms with van der Waals surface area (Å²) in [6.45, 7) is 1.48. The molecule has 2 rings (SSSR count). The monoisotopic (exact) mass is 333 g/mol. The standard InChI is InChI=1S/C15H12BrNO3/c1-10(18)11-3-2-4-12(9-11)17-15(19)8-6-13-5-7-14(16)20-13/h2-9H,1H3,(H,17,19).